The highest BCUT2D eigenvalue weighted by molar-refractivity contribution is 6.13. The summed E-state index contributed by atoms with van der Waals surface area (Å²) in [6, 6.07) is 5.24. The van der Waals surface area contributed by atoms with Crippen LogP contribution in [-0.2, 0) is 4.79 Å². The minimum absolute atomic E-state index is 0.0143. The maximum Gasteiger partial charge on any atom is 0.255 e. The van der Waals surface area contributed by atoms with E-state index in [-0.39, 0.29) is 29.8 Å². The van der Waals surface area contributed by atoms with E-state index in [1.165, 1.54) is 6.07 Å². The minimum Gasteiger partial charge on any atom is -0.398 e. The van der Waals surface area contributed by atoms with Gasteiger partial charge in [0, 0.05) is 17.9 Å². The van der Waals surface area contributed by atoms with Crippen molar-refractivity contribution in [2.75, 3.05) is 11.9 Å². The average Bonchev–Trinajstić information content (AvgIpc) is 3.10. The molecule has 2 heterocycles. The van der Waals surface area contributed by atoms with Gasteiger partial charge in [-0.25, -0.2) is 13.2 Å². The Morgan fingerprint density at radius 2 is 1.82 bits per heavy atom. The number of anilines is 1. The topological polar surface area (TPSA) is 106 Å². The third kappa shape index (κ3) is 5.04. The first-order chi connectivity index (χ1) is 16.3. The van der Waals surface area contributed by atoms with Crippen molar-refractivity contribution in [2.45, 2.75) is 44.1 Å². The molecule has 4 rings (SSSR count). The number of amides is 1. The monoisotopic (exact) mass is 469 g/mol. The van der Waals surface area contributed by atoms with Crippen LogP contribution in [0, 0.1) is 11.6 Å². The Morgan fingerprint density at radius 3 is 2.59 bits per heavy atom. The largest absolute Gasteiger partial charge is 0.398 e. The van der Waals surface area contributed by atoms with Gasteiger partial charge in [-0.15, -0.1) is 0 Å². The van der Waals surface area contributed by atoms with Crippen molar-refractivity contribution in [3.8, 4) is 0 Å². The Morgan fingerprint density at radius 1 is 1.06 bits per heavy atom. The number of carbonyl (C=O) groups is 1. The standard InChI is InChI=1S/C25H26F3N5O/c26-18-5-2-6-19(27)23(18)24-20(28)11-21(30)17(12-32-24)25(34)33-22-13-31-10-9-16(22)14-3-1-4-15(29)8-7-14/h2,5-6,9-11,13-15H,1,3-4,7-8,12,29-30H2,(H,33,34)/t14-,15?/m1/s1. The number of halogens is 3. The first-order valence-electron chi connectivity index (χ1n) is 11.2. The van der Waals surface area contributed by atoms with Gasteiger partial charge in [0.1, 0.15) is 17.3 Å². The first kappa shape index (κ1) is 23.7. The second-order valence-electron chi connectivity index (χ2n) is 8.57. The first-order valence-corrected chi connectivity index (χ1v) is 11.2. The summed E-state index contributed by atoms with van der Waals surface area (Å²) >= 11 is 0. The summed E-state index contributed by atoms with van der Waals surface area (Å²) in [7, 11) is 0. The molecule has 1 saturated carbocycles. The molecule has 5 N–H and O–H groups in total. The molecule has 0 bridgehead atoms. The van der Waals surface area contributed by atoms with Gasteiger partial charge in [0.25, 0.3) is 5.91 Å². The van der Waals surface area contributed by atoms with Crippen molar-refractivity contribution in [3.63, 3.8) is 0 Å². The third-order valence-electron chi connectivity index (χ3n) is 6.28. The maximum absolute atomic E-state index is 14.8. The molecule has 1 unspecified atom stereocenters. The van der Waals surface area contributed by atoms with E-state index in [2.05, 4.69) is 15.3 Å². The number of nitrogens with zero attached hydrogens (tertiary/aromatic N) is 2. The Hall–Kier alpha value is -3.46. The number of hydrogen-bond acceptors (Lipinski definition) is 5. The van der Waals surface area contributed by atoms with Crippen LogP contribution in [0.2, 0.25) is 0 Å². The summed E-state index contributed by atoms with van der Waals surface area (Å²) < 4.78 is 43.2. The Kier molecular flexibility index (Phi) is 7.12. The van der Waals surface area contributed by atoms with E-state index in [9.17, 15) is 18.0 Å². The predicted octanol–water partition coefficient (Wildman–Crippen LogP) is 4.24. The second kappa shape index (κ2) is 10.2. The van der Waals surface area contributed by atoms with Crippen LogP contribution < -0.4 is 16.8 Å². The summed E-state index contributed by atoms with van der Waals surface area (Å²) in [6.07, 6.45) is 8.80. The molecule has 34 heavy (non-hydrogen) atoms. The fourth-order valence-electron chi connectivity index (χ4n) is 4.45. The number of aliphatic imine (C=N–C) groups is 1. The SMILES string of the molecule is NC1=C(C(=O)Nc2cnccc2[C@@H]2CCCC(N)CC2)CN=C(c2c(F)cccc2F)C(F)=C1. The summed E-state index contributed by atoms with van der Waals surface area (Å²) in [4.78, 5) is 21.2. The van der Waals surface area contributed by atoms with Gasteiger partial charge in [0.15, 0.2) is 5.83 Å². The lowest BCUT2D eigenvalue weighted by atomic mass is 9.91. The van der Waals surface area contributed by atoms with E-state index in [4.69, 9.17) is 11.5 Å². The summed E-state index contributed by atoms with van der Waals surface area (Å²) in [5.74, 6) is -3.31. The molecule has 1 fully saturated rings. The molecular formula is C25H26F3N5O. The molecular weight excluding hydrogens is 443 g/mol. The van der Waals surface area contributed by atoms with Crippen molar-refractivity contribution in [1.29, 1.82) is 0 Å². The number of rotatable bonds is 4. The number of pyridine rings is 1. The van der Waals surface area contributed by atoms with Crippen LogP contribution >= 0.6 is 0 Å². The smallest absolute Gasteiger partial charge is 0.255 e. The normalized spacial score (nSPS) is 21.3. The number of carbonyl (C=O) groups excluding carboxylic acids is 1. The van der Waals surface area contributed by atoms with Crippen LogP contribution in [0.5, 0.6) is 0 Å². The van der Waals surface area contributed by atoms with Crippen LogP contribution in [0.4, 0.5) is 18.9 Å². The molecule has 9 heteroatoms. The summed E-state index contributed by atoms with van der Waals surface area (Å²) in [5.41, 5.74) is 12.2. The van der Waals surface area contributed by atoms with Crippen LogP contribution in [0.3, 0.4) is 0 Å². The second-order valence-corrected chi connectivity index (χ2v) is 8.57. The fourth-order valence-corrected chi connectivity index (χ4v) is 4.45. The Labute approximate surface area is 195 Å². The number of nitrogens with one attached hydrogen (secondary N) is 1. The number of nitrogens with two attached hydrogens (primary N) is 2. The van der Waals surface area contributed by atoms with Crippen molar-refractivity contribution in [3.05, 3.63) is 82.6 Å². The van der Waals surface area contributed by atoms with E-state index in [0.29, 0.717) is 5.69 Å². The number of aromatic nitrogens is 1. The highest BCUT2D eigenvalue weighted by atomic mass is 19.1. The van der Waals surface area contributed by atoms with E-state index >= 15 is 0 Å². The average molecular weight is 470 g/mol. The van der Waals surface area contributed by atoms with Gasteiger partial charge < -0.3 is 16.8 Å². The van der Waals surface area contributed by atoms with Crippen molar-refractivity contribution < 1.29 is 18.0 Å². The lowest BCUT2D eigenvalue weighted by Crippen LogP contribution is -2.21. The molecule has 0 saturated heterocycles. The molecule has 1 aromatic heterocycles. The zero-order valence-electron chi connectivity index (χ0n) is 18.5. The molecule has 0 spiro atoms. The molecule has 178 valence electrons. The molecule has 6 nitrogen and oxygen atoms in total. The lowest BCUT2D eigenvalue weighted by Gasteiger charge is -2.19. The van der Waals surface area contributed by atoms with Gasteiger partial charge in [-0.1, -0.05) is 12.5 Å². The van der Waals surface area contributed by atoms with E-state index < -0.39 is 34.6 Å². The van der Waals surface area contributed by atoms with Gasteiger partial charge in [-0.05, 0) is 61.4 Å². The van der Waals surface area contributed by atoms with E-state index in [1.807, 2.05) is 6.07 Å². The number of hydrogen-bond donors (Lipinski definition) is 3. The number of benzene rings is 1. The predicted molar refractivity (Wildman–Crippen MR) is 125 cm³/mol. The molecule has 1 amide bonds. The van der Waals surface area contributed by atoms with Crippen LogP contribution in [0.25, 0.3) is 0 Å². The summed E-state index contributed by atoms with van der Waals surface area (Å²) in [6.45, 7) is -0.349. The molecule has 1 aromatic carbocycles. The van der Waals surface area contributed by atoms with E-state index in [0.717, 1.165) is 55.9 Å². The highest BCUT2D eigenvalue weighted by Gasteiger charge is 2.25. The third-order valence-corrected chi connectivity index (χ3v) is 6.28. The van der Waals surface area contributed by atoms with Gasteiger partial charge in [0.2, 0.25) is 0 Å². The van der Waals surface area contributed by atoms with E-state index in [1.54, 1.807) is 12.4 Å². The van der Waals surface area contributed by atoms with Crippen LogP contribution in [-0.4, -0.2) is 29.2 Å². The molecule has 1 aliphatic carbocycles. The maximum atomic E-state index is 14.8. The van der Waals surface area contributed by atoms with Crippen molar-refractivity contribution in [2.24, 2.45) is 16.5 Å². The van der Waals surface area contributed by atoms with Gasteiger partial charge in [-0.3, -0.25) is 14.8 Å². The number of allylic oxidation sites excluding steroid dienone is 2. The molecule has 2 aromatic rings. The Bertz CT molecular complexity index is 1170. The van der Waals surface area contributed by atoms with Crippen molar-refractivity contribution >= 4 is 17.3 Å². The van der Waals surface area contributed by atoms with Gasteiger partial charge in [0.05, 0.1) is 29.6 Å². The fraction of sp³-hybridized carbons (Fsp3) is 0.320. The minimum atomic E-state index is -1.03. The Balaban J connectivity index is 1.59. The van der Waals surface area contributed by atoms with Crippen LogP contribution in [0.1, 0.15) is 49.1 Å². The molecule has 0 radical (unpaired) electrons. The quantitative estimate of drug-likeness (QED) is 0.582. The molecule has 1 aliphatic heterocycles. The highest BCUT2D eigenvalue weighted by Crippen LogP contribution is 2.35. The van der Waals surface area contributed by atoms with Crippen LogP contribution in [0.15, 0.2) is 64.8 Å². The zero-order chi connectivity index (χ0) is 24.2. The molecule has 2 aliphatic rings. The lowest BCUT2D eigenvalue weighted by molar-refractivity contribution is -0.112. The van der Waals surface area contributed by atoms with Gasteiger partial charge >= 0.3 is 0 Å². The zero-order valence-corrected chi connectivity index (χ0v) is 18.5. The van der Waals surface area contributed by atoms with Gasteiger partial charge in [-0.2, -0.15) is 0 Å². The summed E-state index contributed by atoms with van der Waals surface area (Å²) in [5, 5.41) is 2.82. The van der Waals surface area contributed by atoms with Crippen molar-refractivity contribution in [1.82, 2.24) is 4.98 Å². The molecule has 2 atom stereocenters.